The van der Waals surface area contributed by atoms with Gasteiger partial charge in [-0.2, -0.15) is 13.2 Å². The van der Waals surface area contributed by atoms with Crippen LogP contribution in [0.25, 0.3) is 16.1 Å². The molecule has 0 aliphatic heterocycles. The van der Waals surface area contributed by atoms with Crippen molar-refractivity contribution in [3.63, 3.8) is 0 Å². The number of nitrogens with zero attached hydrogens (tertiary/aromatic N) is 2. The van der Waals surface area contributed by atoms with Gasteiger partial charge >= 0.3 is 6.18 Å². The molecule has 0 aliphatic carbocycles. The van der Waals surface area contributed by atoms with Crippen LogP contribution in [0.2, 0.25) is 0 Å². The first-order valence-electron chi connectivity index (χ1n) is 6.07. The van der Waals surface area contributed by atoms with Crippen LogP contribution in [0, 0.1) is 6.92 Å². The van der Waals surface area contributed by atoms with E-state index in [4.69, 9.17) is 0 Å². The molecular weight excluding hydrogens is 303 g/mol. The first kappa shape index (κ1) is 13.9. The van der Waals surface area contributed by atoms with Crippen LogP contribution in [0.3, 0.4) is 0 Å². The van der Waals surface area contributed by atoms with Crippen LogP contribution in [-0.4, -0.2) is 20.8 Å². The van der Waals surface area contributed by atoms with Crippen LogP contribution in [0.1, 0.15) is 11.3 Å². The zero-order chi connectivity index (χ0) is 15.2. The predicted molar refractivity (Wildman–Crippen MR) is 73.6 cm³/mol. The number of aromatic nitrogens is 3. The molecule has 0 saturated heterocycles. The summed E-state index contributed by atoms with van der Waals surface area (Å²) in [5.74, 6) is 0. The minimum atomic E-state index is -4.44. The van der Waals surface area contributed by atoms with E-state index in [-0.39, 0.29) is 11.3 Å². The standard InChI is InChI=1S/C13H10F3N3OS/c1-7-8(5-13(14,15)16)12(20)19-11(18-7)9(6-17-19)10-3-2-4-21-10/h2-4,6,17H,5H2,1H3. The molecule has 0 spiro atoms. The molecule has 0 radical (unpaired) electrons. The monoisotopic (exact) mass is 313 g/mol. The average Bonchev–Trinajstić information content (AvgIpc) is 3.01. The van der Waals surface area contributed by atoms with E-state index in [1.807, 2.05) is 17.5 Å². The smallest absolute Gasteiger partial charge is 0.296 e. The van der Waals surface area contributed by atoms with E-state index < -0.39 is 18.2 Å². The summed E-state index contributed by atoms with van der Waals surface area (Å²) in [7, 11) is 0. The summed E-state index contributed by atoms with van der Waals surface area (Å²) >= 11 is 1.47. The quantitative estimate of drug-likeness (QED) is 0.790. The zero-order valence-electron chi connectivity index (χ0n) is 10.9. The van der Waals surface area contributed by atoms with E-state index in [0.29, 0.717) is 11.2 Å². The van der Waals surface area contributed by atoms with Crippen molar-refractivity contribution in [2.24, 2.45) is 0 Å². The molecule has 3 rings (SSSR count). The summed E-state index contributed by atoms with van der Waals surface area (Å²) in [6, 6.07) is 3.71. The summed E-state index contributed by atoms with van der Waals surface area (Å²) in [5.41, 5.74) is 0.0987. The first-order chi connectivity index (χ1) is 9.87. The van der Waals surface area contributed by atoms with Crippen molar-refractivity contribution in [3.8, 4) is 10.4 Å². The van der Waals surface area contributed by atoms with E-state index >= 15 is 0 Å². The largest absolute Gasteiger partial charge is 0.393 e. The SMILES string of the molecule is Cc1nc2c(-c3cccs3)c[nH]n2c(=O)c1CC(F)(F)F. The van der Waals surface area contributed by atoms with Crippen LogP contribution >= 0.6 is 11.3 Å². The van der Waals surface area contributed by atoms with Gasteiger partial charge in [0.15, 0.2) is 5.65 Å². The molecule has 0 amide bonds. The topological polar surface area (TPSA) is 50.2 Å². The van der Waals surface area contributed by atoms with Crippen molar-refractivity contribution in [2.75, 3.05) is 0 Å². The highest BCUT2D eigenvalue weighted by Crippen LogP contribution is 2.28. The van der Waals surface area contributed by atoms with E-state index in [1.54, 1.807) is 6.20 Å². The van der Waals surface area contributed by atoms with Crippen molar-refractivity contribution >= 4 is 17.0 Å². The summed E-state index contributed by atoms with van der Waals surface area (Å²) in [6.45, 7) is 1.42. The Morgan fingerprint density at radius 1 is 1.43 bits per heavy atom. The highest BCUT2D eigenvalue weighted by atomic mass is 32.1. The number of rotatable bonds is 2. The molecule has 3 aromatic rings. The number of alkyl halides is 3. The van der Waals surface area contributed by atoms with E-state index in [0.717, 1.165) is 9.39 Å². The number of hydrogen-bond donors (Lipinski definition) is 1. The Balaban J connectivity index is 2.22. The Morgan fingerprint density at radius 2 is 2.19 bits per heavy atom. The summed E-state index contributed by atoms with van der Waals surface area (Å²) < 4.78 is 38.7. The summed E-state index contributed by atoms with van der Waals surface area (Å²) in [6.07, 6.45) is -4.14. The van der Waals surface area contributed by atoms with Crippen molar-refractivity contribution in [1.29, 1.82) is 0 Å². The fourth-order valence-electron chi connectivity index (χ4n) is 2.17. The number of nitrogens with one attached hydrogen (secondary N) is 1. The van der Waals surface area contributed by atoms with E-state index in [2.05, 4.69) is 10.1 Å². The fourth-order valence-corrected chi connectivity index (χ4v) is 2.91. The molecule has 4 nitrogen and oxygen atoms in total. The fraction of sp³-hybridized carbons (Fsp3) is 0.231. The molecular formula is C13H10F3N3OS. The number of thiophene rings is 1. The Kier molecular flexibility index (Phi) is 3.12. The van der Waals surface area contributed by atoms with E-state index in [9.17, 15) is 18.0 Å². The number of H-pyrrole nitrogens is 1. The van der Waals surface area contributed by atoms with Crippen LogP contribution in [0.5, 0.6) is 0 Å². The molecule has 3 aromatic heterocycles. The predicted octanol–water partition coefficient (Wildman–Crippen LogP) is 3.16. The van der Waals surface area contributed by atoms with Crippen LogP contribution < -0.4 is 5.56 Å². The number of aromatic amines is 1. The maximum Gasteiger partial charge on any atom is 0.393 e. The van der Waals surface area contributed by atoms with Gasteiger partial charge < -0.3 is 0 Å². The highest BCUT2D eigenvalue weighted by molar-refractivity contribution is 7.13. The molecule has 8 heteroatoms. The lowest BCUT2D eigenvalue weighted by Crippen LogP contribution is -2.26. The molecule has 21 heavy (non-hydrogen) atoms. The van der Waals surface area contributed by atoms with Crippen LogP contribution in [-0.2, 0) is 6.42 Å². The molecule has 0 unspecified atom stereocenters. The Bertz CT molecular complexity index is 846. The van der Waals surface area contributed by atoms with Gasteiger partial charge in [-0.1, -0.05) is 6.07 Å². The molecule has 1 N–H and O–H groups in total. The molecule has 0 atom stereocenters. The maximum absolute atomic E-state index is 12.5. The van der Waals surface area contributed by atoms with E-state index in [1.165, 1.54) is 18.3 Å². The maximum atomic E-state index is 12.5. The van der Waals surface area contributed by atoms with Crippen LogP contribution in [0.4, 0.5) is 13.2 Å². The number of hydrogen-bond acceptors (Lipinski definition) is 3. The molecule has 0 aromatic carbocycles. The molecule has 3 heterocycles. The van der Waals surface area contributed by atoms with Gasteiger partial charge in [-0.25, -0.2) is 9.50 Å². The number of aryl methyl sites for hydroxylation is 1. The summed E-state index contributed by atoms with van der Waals surface area (Å²) in [5, 5.41) is 4.56. The average molecular weight is 313 g/mol. The Morgan fingerprint density at radius 3 is 2.81 bits per heavy atom. The Labute approximate surface area is 120 Å². The van der Waals surface area contributed by atoms with Gasteiger partial charge in [-0.05, 0) is 18.4 Å². The van der Waals surface area contributed by atoms with Gasteiger partial charge in [0.2, 0.25) is 0 Å². The third-order valence-electron chi connectivity index (χ3n) is 3.13. The van der Waals surface area contributed by atoms with Crippen LogP contribution in [0.15, 0.2) is 28.5 Å². The molecule has 110 valence electrons. The van der Waals surface area contributed by atoms with Gasteiger partial charge in [0.1, 0.15) is 0 Å². The zero-order valence-corrected chi connectivity index (χ0v) is 11.7. The Hall–Kier alpha value is -2.09. The first-order valence-corrected chi connectivity index (χ1v) is 6.95. The van der Waals surface area contributed by atoms with Gasteiger partial charge in [-0.3, -0.25) is 9.89 Å². The van der Waals surface area contributed by atoms with Gasteiger partial charge in [0, 0.05) is 22.3 Å². The second-order valence-electron chi connectivity index (χ2n) is 4.60. The minimum absolute atomic E-state index is 0.106. The highest BCUT2D eigenvalue weighted by Gasteiger charge is 2.31. The van der Waals surface area contributed by atoms with Gasteiger partial charge in [0.05, 0.1) is 12.0 Å². The molecule has 0 saturated carbocycles. The van der Waals surface area contributed by atoms with Gasteiger partial charge in [-0.15, -0.1) is 11.3 Å². The second-order valence-corrected chi connectivity index (χ2v) is 5.54. The molecule has 0 fully saturated rings. The third-order valence-corrected chi connectivity index (χ3v) is 4.03. The van der Waals surface area contributed by atoms with Crippen molar-refractivity contribution in [3.05, 3.63) is 45.3 Å². The van der Waals surface area contributed by atoms with Crippen molar-refractivity contribution in [2.45, 2.75) is 19.5 Å². The number of halogens is 3. The molecule has 0 aliphatic rings. The lowest BCUT2D eigenvalue weighted by Gasteiger charge is -2.08. The minimum Gasteiger partial charge on any atom is -0.296 e. The third kappa shape index (κ3) is 2.46. The van der Waals surface area contributed by atoms with Crippen molar-refractivity contribution < 1.29 is 13.2 Å². The molecule has 0 bridgehead atoms. The lowest BCUT2D eigenvalue weighted by atomic mass is 10.1. The van der Waals surface area contributed by atoms with Gasteiger partial charge in [0.25, 0.3) is 5.56 Å². The van der Waals surface area contributed by atoms with Crippen molar-refractivity contribution in [1.82, 2.24) is 14.6 Å². The normalized spacial score (nSPS) is 12.2. The lowest BCUT2D eigenvalue weighted by molar-refractivity contribution is -0.127. The number of fused-ring (bicyclic) bond motifs is 1. The second kappa shape index (κ2) is 4.73. The summed E-state index contributed by atoms with van der Waals surface area (Å²) in [4.78, 5) is 17.3.